The molecule has 1 aliphatic rings. The Kier molecular flexibility index (Phi) is 2.73. The van der Waals surface area contributed by atoms with E-state index in [4.69, 9.17) is 11.6 Å². The number of hydrogen-bond acceptors (Lipinski definition) is 1. The van der Waals surface area contributed by atoms with Gasteiger partial charge in [0, 0.05) is 10.6 Å². The van der Waals surface area contributed by atoms with Crippen molar-refractivity contribution in [3.63, 3.8) is 0 Å². The number of benzene rings is 1. The Morgan fingerprint density at radius 1 is 1.53 bits per heavy atom. The molecule has 0 bridgehead atoms. The lowest BCUT2D eigenvalue weighted by atomic mass is 9.86. The van der Waals surface area contributed by atoms with Gasteiger partial charge in [-0.3, -0.25) is 0 Å². The van der Waals surface area contributed by atoms with Gasteiger partial charge in [-0.2, -0.15) is 0 Å². The van der Waals surface area contributed by atoms with Crippen molar-refractivity contribution < 1.29 is 9.50 Å². The summed E-state index contributed by atoms with van der Waals surface area (Å²) < 4.78 is 13.1. The average Bonchev–Trinajstić information content (AvgIpc) is 3.04. The van der Waals surface area contributed by atoms with E-state index >= 15 is 0 Å². The highest BCUT2D eigenvalue weighted by atomic mass is 35.5. The first-order chi connectivity index (χ1) is 7.08. The van der Waals surface area contributed by atoms with Crippen LogP contribution in [0.3, 0.4) is 0 Å². The van der Waals surface area contributed by atoms with Crippen LogP contribution >= 0.6 is 11.6 Å². The van der Waals surface area contributed by atoms with E-state index in [9.17, 15) is 9.50 Å². The van der Waals surface area contributed by atoms with Gasteiger partial charge in [-0.05, 0) is 43.4 Å². The molecular weight excluding hydrogens is 215 g/mol. The van der Waals surface area contributed by atoms with Gasteiger partial charge in [0.1, 0.15) is 5.82 Å². The maximum atomic E-state index is 13.1. The van der Waals surface area contributed by atoms with E-state index < -0.39 is 5.60 Å². The van der Waals surface area contributed by atoms with Crippen LogP contribution in [0.2, 0.25) is 5.02 Å². The van der Waals surface area contributed by atoms with Crippen molar-refractivity contribution >= 4 is 11.6 Å². The van der Waals surface area contributed by atoms with Gasteiger partial charge in [0.2, 0.25) is 0 Å². The second kappa shape index (κ2) is 3.76. The van der Waals surface area contributed by atoms with Gasteiger partial charge in [-0.1, -0.05) is 18.5 Å². The lowest BCUT2D eigenvalue weighted by molar-refractivity contribution is 0.00873. The normalized spacial score (nSPS) is 20.0. The molecule has 0 saturated heterocycles. The number of hydrogen-bond donors (Lipinski definition) is 1. The molecule has 2 rings (SSSR count). The van der Waals surface area contributed by atoms with Crippen molar-refractivity contribution in [1.82, 2.24) is 0 Å². The monoisotopic (exact) mass is 228 g/mol. The van der Waals surface area contributed by atoms with E-state index in [1.54, 1.807) is 0 Å². The van der Waals surface area contributed by atoms with E-state index in [0.29, 0.717) is 17.0 Å². The summed E-state index contributed by atoms with van der Waals surface area (Å²) in [5.74, 6) is -0.108. The van der Waals surface area contributed by atoms with Gasteiger partial charge in [0.15, 0.2) is 0 Å². The number of aliphatic hydroxyl groups is 1. The van der Waals surface area contributed by atoms with Crippen LogP contribution in [-0.2, 0) is 5.60 Å². The van der Waals surface area contributed by atoms with Crippen LogP contribution in [-0.4, -0.2) is 5.11 Å². The van der Waals surface area contributed by atoms with Gasteiger partial charge in [0.25, 0.3) is 0 Å². The molecule has 0 radical (unpaired) electrons. The summed E-state index contributed by atoms with van der Waals surface area (Å²) >= 11 is 6.00. The summed E-state index contributed by atoms with van der Waals surface area (Å²) in [6.07, 6.45) is 2.56. The molecule has 82 valence electrons. The number of halogens is 2. The maximum absolute atomic E-state index is 13.1. The molecule has 3 heteroatoms. The minimum Gasteiger partial charge on any atom is -0.385 e. The molecule has 15 heavy (non-hydrogen) atoms. The Bertz CT molecular complexity index is 376. The largest absolute Gasteiger partial charge is 0.385 e. The average molecular weight is 229 g/mol. The fourth-order valence-corrected chi connectivity index (χ4v) is 2.37. The lowest BCUT2D eigenvalue weighted by Crippen LogP contribution is -2.27. The third-order valence-corrected chi connectivity index (χ3v) is 3.52. The van der Waals surface area contributed by atoms with Gasteiger partial charge >= 0.3 is 0 Å². The first kappa shape index (κ1) is 10.9. The van der Waals surface area contributed by atoms with E-state index in [2.05, 4.69) is 0 Å². The summed E-state index contributed by atoms with van der Waals surface area (Å²) in [4.78, 5) is 0. The molecule has 0 spiro atoms. The lowest BCUT2D eigenvalue weighted by Gasteiger charge is -2.28. The predicted octanol–water partition coefficient (Wildman–Crippen LogP) is 3.49. The molecule has 0 amide bonds. The van der Waals surface area contributed by atoms with E-state index in [0.717, 1.165) is 12.8 Å². The van der Waals surface area contributed by atoms with Crippen LogP contribution in [0.4, 0.5) is 4.39 Å². The Morgan fingerprint density at radius 3 is 2.73 bits per heavy atom. The van der Waals surface area contributed by atoms with Crippen LogP contribution < -0.4 is 0 Å². The maximum Gasteiger partial charge on any atom is 0.123 e. The summed E-state index contributed by atoms with van der Waals surface area (Å²) in [6.45, 7) is 1.90. The summed E-state index contributed by atoms with van der Waals surface area (Å²) in [6, 6.07) is 4.17. The standard InChI is InChI=1S/C12H14ClFO/c1-2-12(15,8-3-4-8)10-7-9(14)5-6-11(10)13/h5-8,15H,2-4H2,1H3. The van der Waals surface area contributed by atoms with Crippen molar-refractivity contribution in [1.29, 1.82) is 0 Å². The van der Waals surface area contributed by atoms with Crippen molar-refractivity contribution in [2.24, 2.45) is 5.92 Å². The minimum atomic E-state index is -0.945. The molecule has 0 aliphatic heterocycles. The topological polar surface area (TPSA) is 20.2 Å². The van der Waals surface area contributed by atoms with E-state index in [1.165, 1.54) is 18.2 Å². The molecule has 0 heterocycles. The van der Waals surface area contributed by atoms with Gasteiger partial charge in [-0.25, -0.2) is 4.39 Å². The van der Waals surface area contributed by atoms with Crippen LogP contribution in [0.5, 0.6) is 0 Å². The van der Waals surface area contributed by atoms with Crippen LogP contribution in [0.15, 0.2) is 18.2 Å². The van der Waals surface area contributed by atoms with Crippen LogP contribution in [0.1, 0.15) is 31.7 Å². The number of rotatable bonds is 3. The Labute approximate surface area is 93.9 Å². The second-order valence-corrected chi connectivity index (χ2v) is 4.58. The van der Waals surface area contributed by atoms with Gasteiger partial charge < -0.3 is 5.11 Å². The van der Waals surface area contributed by atoms with E-state index in [1.807, 2.05) is 6.92 Å². The highest BCUT2D eigenvalue weighted by molar-refractivity contribution is 6.31. The Morgan fingerprint density at radius 2 is 2.20 bits per heavy atom. The molecule has 1 N–H and O–H groups in total. The molecule has 1 aromatic rings. The summed E-state index contributed by atoms with van der Waals surface area (Å²) in [5, 5.41) is 10.9. The highest BCUT2D eigenvalue weighted by Gasteiger charge is 2.44. The second-order valence-electron chi connectivity index (χ2n) is 4.18. The third-order valence-electron chi connectivity index (χ3n) is 3.19. The Hall–Kier alpha value is -0.600. The van der Waals surface area contributed by atoms with Crippen molar-refractivity contribution in [3.05, 3.63) is 34.6 Å². The molecule has 1 saturated carbocycles. The van der Waals surface area contributed by atoms with E-state index in [-0.39, 0.29) is 11.7 Å². The molecular formula is C12H14ClFO. The molecule has 1 aliphatic carbocycles. The quantitative estimate of drug-likeness (QED) is 0.840. The molecule has 1 unspecified atom stereocenters. The molecule has 0 aromatic heterocycles. The molecule has 1 nitrogen and oxygen atoms in total. The zero-order chi connectivity index (χ0) is 11.1. The van der Waals surface area contributed by atoms with Crippen molar-refractivity contribution in [2.75, 3.05) is 0 Å². The predicted molar refractivity (Wildman–Crippen MR) is 58.3 cm³/mol. The zero-order valence-electron chi connectivity index (χ0n) is 8.63. The summed E-state index contributed by atoms with van der Waals surface area (Å²) in [5.41, 5.74) is -0.409. The Balaban J connectivity index is 2.45. The van der Waals surface area contributed by atoms with Gasteiger partial charge in [-0.15, -0.1) is 0 Å². The minimum absolute atomic E-state index is 0.238. The van der Waals surface area contributed by atoms with Gasteiger partial charge in [0.05, 0.1) is 5.60 Å². The highest BCUT2D eigenvalue weighted by Crippen LogP contribution is 2.49. The third kappa shape index (κ3) is 1.88. The van der Waals surface area contributed by atoms with Crippen molar-refractivity contribution in [2.45, 2.75) is 31.8 Å². The zero-order valence-corrected chi connectivity index (χ0v) is 9.39. The summed E-state index contributed by atoms with van der Waals surface area (Å²) in [7, 11) is 0. The smallest absolute Gasteiger partial charge is 0.123 e. The van der Waals surface area contributed by atoms with Crippen LogP contribution in [0.25, 0.3) is 0 Å². The fourth-order valence-electron chi connectivity index (χ4n) is 2.09. The fraction of sp³-hybridized carbons (Fsp3) is 0.500. The SMILES string of the molecule is CCC(O)(c1cc(F)ccc1Cl)C1CC1. The van der Waals surface area contributed by atoms with Crippen molar-refractivity contribution in [3.8, 4) is 0 Å². The first-order valence-corrected chi connectivity index (χ1v) is 5.63. The molecule has 1 aromatic carbocycles. The molecule has 1 atom stereocenters. The first-order valence-electron chi connectivity index (χ1n) is 5.26. The van der Waals surface area contributed by atoms with Crippen LogP contribution in [0, 0.1) is 11.7 Å². The molecule has 1 fully saturated rings.